The van der Waals surface area contributed by atoms with Crippen molar-refractivity contribution in [2.75, 3.05) is 0 Å². The van der Waals surface area contributed by atoms with Gasteiger partial charge in [0.2, 0.25) is 0 Å². The fraction of sp³-hybridized carbons (Fsp3) is 0.286. The van der Waals surface area contributed by atoms with Crippen LogP contribution in [0.2, 0.25) is 0 Å². The quantitative estimate of drug-likeness (QED) is 0.529. The second-order valence-corrected chi connectivity index (χ2v) is 8.08. The smallest absolute Gasteiger partial charge is 0.310 e. The van der Waals surface area contributed by atoms with Crippen molar-refractivity contribution >= 4 is 29.2 Å². The fourth-order valence-corrected chi connectivity index (χ4v) is 3.42. The summed E-state index contributed by atoms with van der Waals surface area (Å²) in [5.74, 6) is -0.565. The van der Waals surface area contributed by atoms with Crippen LogP contribution < -0.4 is 4.74 Å². The van der Waals surface area contributed by atoms with Crippen LogP contribution in [0, 0.1) is 23.1 Å². The predicted molar refractivity (Wildman–Crippen MR) is 103 cm³/mol. The van der Waals surface area contributed by atoms with Crippen LogP contribution in [-0.2, 0) is 16.1 Å². The Bertz CT molecular complexity index is 861. The Morgan fingerprint density at radius 3 is 2.56 bits per heavy atom. The molecule has 0 amide bonds. The van der Waals surface area contributed by atoms with Gasteiger partial charge in [-0.3, -0.25) is 4.79 Å². The number of allylic oxidation sites excluding steroid dienone is 1. The van der Waals surface area contributed by atoms with Crippen LogP contribution in [0.1, 0.15) is 19.4 Å². The second kappa shape index (κ2) is 7.91. The summed E-state index contributed by atoms with van der Waals surface area (Å²) >= 11 is 11.4. The Morgan fingerprint density at radius 1 is 1.19 bits per heavy atom. The Labute approximate surface area is 167 Å². The molecule has 0 heterocycles. The van der Waals surface area contributed by atoms with Gasteiger partial charge in [-0.1, -0.05) is 61.3 Å². The van der Waals surface area contributed by atoms with Crippen molar-refractivity contribution in [3.63, 3.8) is 0 Å². The number of ether oxygens (including phenoxy) is 2. The average molecular weight is 409 g/mol. The summed E-state index contributed by atoms with van der Waals surface area (Å²) in [4.78, 5) is 12.4. The third kappa shape index (κ3) is 4.63. The van der Waals surface area contributed by atoms with Crippen LogP contribution in [0.3, 0.4) is 0 Å². The van der Waals surface area contributed by atoms with Crippen LogP contribution in [0.15, 0.2) is 59.1 Å². The second-order valence-electron chi connectivity index (χ2n) is 7.07. The van der Waals surface area contributed by atoms with E-state index in [0.29, 0.717) is 11.3 Å². The van der Waals surface area contributed by atoms with Gasteiger partial charge >= 0.3 is 5.97 Å². The Kier molecular flexibility index (Phi) is 5.78. The Balaban J connectivity index is 1.64. The van der Waals surface area contributed by atoms with Crippen molar-refractivity contribution in [3.8, 4) is 11.5 Å². The molecule has 0 aromatic heterocycles. The first kappa shape index (κ1) is 19.7. The zero-order valence-corrected chi connectivity index (χ0v) is 16.4. The van der Waals surface area contributed by atoms with Crippen molar-refractivity contribution in [3.05, 3.63) is 70.5 Å². The fourth-order valence-electron chi connectivity index (χ4n) is 3.15. The third-order valence-corrected chi connectivity index (χ3v) is 5.07. The number of carbonyl (C=O) groups excluding carboxylic acids is 1. The van der Waals surface area contributed by atoms with Gasteiger partial charge in [0.05, 0.1) is 5.92 Å². The number of benzene rings is 2. The van der Waals surface area contributed by atoms with E-state index in [1.165, 1.54) is 12.1 Å². The number of esters is 1. The van der Waals surface area contributed by atoms with Crippen LogP contribution in [0.25, 0.3) is 0 Å². The van der Waals surface area contributed by atoms with Gasteiger partial charge in [0, 0.05) is 0 Å². The Hall–Kier alpha value is -2.04. The molecule has 0 aliphatic heterocycles. The molecule has 2 atom stereocenters. The van der Waals surface area contributed by atoms with Crippen LogP contribution >= 0.6 is 23.2 Å². The summed E-state index contributed by atoms with van der Waals surface area (Å²) in [6, 6.07) is 13.3. The maximum Gasteiger partial charge on any atom is 0.310 e. The number of halogens is 3. The molecule has 27 heavy (non-hydrogen) atoms. The van der Waals surface area contributed by atoms with E-state index in [-0.39, 0.29) is 40.1 Å². The first-order valence-corrected chi connectivity index (χ1v) is 9.25. The molecule has 2 aromatic carbocycles. The van der Waals surface area contributed by atoms with E-state index >= 15 is 0 Å². The maximum absolute atomic E-state index is 14.0. The van der Waals surface area contributed by atoms with Gasteiger partial charge in [0.15, 0.2) is 11.6 Å². The summed E-state index contributed by atoms with van der Waals surface area (Å²) in [7, 11) is 0. The van der Waals surface area contributed by atoms with E-state index < -0.39 is 5.82 Å². The molecule has 142 valence electrons. The van der Waals surface area contributed by atoms with E-state index in [9.17, 15) is 9.18 Å². The largest absolute Gasteiger partial charge is 0.461 e. The highest BCUT2D eigenvalue weighted by Gasteiger charge is 2.61. The van der Waals surface area contributed by atoms with Crippen molar-refractivity contribution < 1.29 is 18.7 Å². The van der Waals surface area contributed by atoms with Gasteiger partial charge in [0.25, 0.3) is 0 Å². The minimum absolute atomic E-state index is 0.0296. The standard InChI is InChI=1S/C21H19Cl2FO3/c1-21(2)15(11-18(22)23)19(21)20(25)26-12-13-8-9-16(24)17(10-13)27-14-6-4-3-5-7-14/h3-11,15,19H,12H2,1-2H3/t15-,19-/m1/s1. The Morgan fingerprint density at radius 2 is 1.89 bits per heavy atom. The van der Waals surface area contributed by atoms with Crippen LogP contribution in [0.5, 0.6) is 11.5 Å². The van der Waals surface area contributed by atoms with Crippen LogP contribution in [0.4, 0.5) is 4.39 Å². The van der Waals surface area contributed by atoms with E-state index in [1.54, 1.807) is 36.4 Å². The molecule has 6 heteroatoms. The normalized spacial score (nSPS) is 19.9. The molecule has 0 spiro atoms. The molecule has 1 fully saturated rings. The molecule has 3 nitrogen and oxygen atoms in total. The van der Waals surface area contributed by atoms with Gasteiger partial charge in [-0.15, -0.1) is 0 Å². The van der Waals surface area contributed by atoms with Gasteiger partial charge in [-0.2, -0.15) is 0 Å². The first-order valence-electron chi connectivity index (χ1n) is 8.50. The molecule has 3 rings (SSSR count). The maximum atomic E-state index is 14.0. The van der Waals surface area contributed by atoms with Gasteiger partial charge in [-0.05, 0) is 47.2 Å². The van der Waals surface area contributed by atoms with Crippen molar-refractivity contribution in [1.82, 2.24) is 0 Å². The summed E-state index contributed by atoms with van der Waals surface area (Å²) in [5.41, 5.74) is 0.382. The van der Waals surface area contributed by atoms with E-state index in [2.05, 4.69) is 0 Å². The monoisotopic (exact) mass is 408 g/mol. The molecule has 0 N–H and O–H groups in total. The molecular formula is C21H19Cl2FO3. The number of rotatable bonds is 6. The molecule has 0 bridgehead atoms. The highest BCUT2D eigenvalue weighted by atomic mass is 35.5. The zero-order chi connectivity index (χ0) is 19.6. The minimum atomic E-state index is -0.487. The lowest BCUT2D eigenvalue weighted by atomic mass is 10.1. The lowest BCUT2D eigenvalue weighted by Gasteiger charge is -2.10. The van der Waals surface area contributed by atoms with Crippen molar-refractivity contribution in [2.45, 2.75) is 20.5 Å². The van der Waals surface area contributed by atoms with Crippen molar-refractivity contribution in [1.29, 1.82) is 0 Å². The lowest BCUT2D eigenvalue weighted by Crippen LogP contribution is -2.10. The van der Waals surface area contributed by atoms with Gasteiger partial charge in [0.1, 0.15) is 16.8 Å². The van der Waals surface area contributed by atoms with E-state index in [4.69, 9.17) is 32.7 Å². The summed E-state index contributed by atoms with van der Waals surface area (Å²) in [6.07, 6.45) is 1.67. The number of para-hydroxylation sites is 1. The minimum Gasteiger partial charge on any atom is -0.461 e. The predicted octanol–water partition coefficient (Wildman–Crippen LogP) is 6.25. The van der Waals surface area contributed by atoms with Gasteiger partial charge < -0.3 is 9.47 Å². The molecule has 1 aliphatic rings. The van der Waals surface area contributed by atoms with Gasteiger partial charge in [-0.25, -0.2) is 4.39 Å². The zero-order valence-electron chi connectivity index (χ0n) is 14.9. The van der Waals surface area contributed by atoms with Crippen molar-refractivity contribution in [2.24, 2.45) is 17.3 Å². The molecular weight excluding hydrogens is 390 g/mol. The lowest BCUT2D eigenvalue weighted by molar-refractivity contribution is -0.147. The highest BCUT2D eigenvalue weighted by molar-refractivity contribution is 6.55. The average Bonchev–Trinajstić information content (AvgIpc) is 3.15. The number of carbonyl (C=O) groups is 1. The topological polar surface area (TPSA) is 35.5 Å². The van der Waals surface area contributed by atoms with E-state index in [1.807, 2.05) is 19.9 Å². The summed E-state index contributed by atoms with van der Waals surface area (Å²) in [5, 5.41) is 0. The molecule has 2 aromatic rings. The molecule has 1 saturated carbocycles. The summed E-state index contributed by atoms with van der Waals surface area (Å²) in [6.45, 7) is 3.95. The molecule has 0 radical (unpaired) electrons. The molecule has 1 aliphatic carbocycles. The summed E-state index contributed by atoms with van der Waals surface area (Å²) < 4.78 is 25.1. The number of hydrogen-bond acceptors (Lipinski definition) is 3. The SMILES string of the molecule is CC1(C)[C@H](C=C(Cl)Cl)[C@@H]1C(=O)OCc1ccc(F)c(Oc2ccccc2)c1. The molecule has 0 unspecified atom stereocenters. The first-order chi connectivity index (χ1) is 12.8. The molecule has 0 saturated heterocycles. The number of hydrogen-bond donors (Lipinski definition) is 0. The third-order valence-electron chi connectivity index (χ3n) is 4.82. The van der Waals surface area contributed by atoms with Crippen LogP contribution in [-0.4, -0.2) is 5.97 Å². The van der Waals surface area contributed by atoms with E-state index in [0.717, 1.165) is 0 Å². The highest BCUT2D eigenvalue weighted by Crippen LogP contribution is 2.60.